The summed E-state index contributed by atoms with van der Waals surface area (Å²) in [5.74, 6) is -0.809. The molecule has 0 aliphatic carbocycles. The second-order valence-corrected chi connectivity index (χ2v) is 9.22. The Balaban J connectivity index is 1.99. The molecule has 1 aromatic carbocycles. The summed E-state index contributed by atoms with van der Waals surface area (Å²) in [4.78, 5) is 12.2. The van der Waals surface area contributed by atoms with Gasteiger partial charge in [0.15, 0.2) is 0 Å². The van der Waals surface area contributed by atoms with Gasteiger partial charge in [-0.25, -0.2) is 4.79 Å². The second kappa shape index (κ2) is 10.3. The lowest BCUT2D eigenvalue weighted by molar-refractivity contribution is -0.0509. The summed E-state index contributed by atoms with van der Waals surface area (Å²) in [6.07, 6.45) is 7.03. The summed E-state index contributed by atoms with van der Waals surface area (Å²) in [5.41, 5.74) is 2.72. The summed E-state index contributed by atoms with van der Waals surface area (Å²) < 4.78 is 5.21. The highest BCUT2D eigenvalue weighted by molar-refractivity contribution is 5.96. The molecule has 0 saturated heterocycles. The number of hydrogen-bond donors (Lipinski definition) is 4. The lowest BCUT2D eigenvalue weighted by atomic mass is 9.90. The summed E-state index contributed by atoms with van der Waals surface area (Å²) in [6, 6.07) is 1.21. The Morgan fingerprint density at radius 2 is 1.84 bits per heavy atom. The molecule has 1 aromatic rings. The number of aliphatic hydroxyl groups excluding tert-OH is 1. The van der Waals surface area contributed by atoms with Crippen molar-refractivity contribution >= 4 is 5.97 Å². The van der Waals surface area contributed by atoms with Gasteiger partial charge in [-0.1, -0.05) is 23.3 Å². The standard InChI is InChI=1S/C25H36O6/c1-15(7-6-8-16(2)10-12-22(28)25(4,5)30)9-11-18-19-13-17(3)31-24(29)23(19)21(27)14-20(18)26/h8-9,14,17,22,26-28,30H,6-7,10-13H2,1-5H3/b15-9+,16-8+/t17-,22-/m1/s1. The van der Waals surface area contributed by atoms with E-state index in [9.17, 15) is 25.2 Å². The number of ether oxygens (including phenoxy) is 1. The third-order valence-electron chi connectivity index (χ3n) is 5.82. The summed E-state index contributed by atoms with van der Waals surface area (Å²) >= 11 is 0. The SMILES string of the molecule is C/C(=C\Cc1c(O)cc(O)c2c1C[C@@H](C)OC2=O)CC/C=C(\C)CC[C@@H](O)C(C)(C)O. The van der Waals surface area contributed by atoms with Gasteiger partial charge < -0.3 is 25.2 Å². The normalized spacial score (nSPS) is 18.5. The molecule has 31 heavy (non-hydrogen) atoms. The van der Waals surface area contributed by atoms with Crippen LogP contribution in [0.25, 0.3) is 0 Å². The van der Waals surface area contributed by atoms with Crippen molar-refractivity contribution in [3.05, 3.63) is 46.1 Å². The molecule has 1 aliphatic heterocycles. The van der Waals surface area contributed by atoms with Crippen molar-refractivity contribution in [1.82, 2.24) is 0 Å². The third-order valence-corrected chi connectivity index (χ3v) is 5.82. The van der Waals surface area contributed by atoms with Crippen molar-refractivity contribution in [3.8, 4) is 11.5 Å². The zero-order valence-corrected chi connectivity index (χ0v) is 19.2. The van der Waals surface area contributed by atoms with Crippen LogP contribution in [0.4, 0.5) is 0 Å². The van der Waals surface area contributed by atoms with Crippen LogP contribution in [0.2, 0.25) is 0 Å². The van der Waals surface area contributed by atoms with Crippen molar-refractivity contribution in [2.45, 2.75) is 91.0 Å². The van der Waals surface area contributed by atoms with Crippen molar-refractivity contribution in [3.63, 3.8) is 0 Å². The van der Waals surface area contributed by atoms with Crippen molar-refractivity contribution in [2.24, 2.45) is 0 Å². The Morgan fingerprint density at radius 3 is 2.48 bits per heavy atom. The quantitative estimate of drug-likeness (QED) is 0.342. The molecule has 2 atom stereocenters. The van der Waals surface area contributed by atoms with Crippen LogP contribution in [0, 0.1) is 0 Å². The molecule has 0 spiro atoms. The number of carbonyl (C=O) groups is 1. The number of cyclic esters (lactones) is 1. The molecule has 6 nitrogen and oxygen atoms in total. The van der Waals surface area contributed by atoms with Crippen LogP contribution in [-0.2, 0) is 17.6 Å². The number of phenols is 2. The number of benzene rings is 1. The number of hydrogen-bond acceptors (Lipinski definition) is 6. The van der Waals surface area contributed by atoms with Gasteiger partial charge in [-0.3, -0.25) is 0 Å². The first-order valence-corrected chi connectivity index (χ1v) is 10.9. The number of esters is 1. The third kappa shape index (κ3) is 6.84. The minimum atomic E-state index is -1.09. The minimum absolute atomic E-state index is 0.0108. The average Bonchev–Trinajstić information content (AvgIpc) is 2.64. The molecule has 0 amide bonds. The fourth-order valence-corrected chi connectivity index (χ4v) is 3.74. The van der Waals surface area contributed by atoms with Gasteiger partial charge in [-0.2, -0.15) is 0 Å². The van der Waals surface area contributed by atoms with E-state index in [4.69, 9.17) is 4.74 Å². The van der Waals surface area contributed by atoms with Gasteiger partial charge in [0.2, 0.25) is 0 Å². The highest BCUT2D eigenvalue weighted by Crippen LogP contribution is 2.37. The number of aliphatic hydroxyl groups is 2. The Labute approximate surface area is 184 Å². The second-order valence-electron chi connectivity index (χ2n) is 9.22. The first-order chi connectivity index (χ1) is 14.4. The predicted molar refractivity (Wildman–Crippen MR) is 120 cm³/mol. The van der Waals surface area contributed by atoms with E-state index in [1.165, 1.54) is 11.6 Å². The summed E-state index contributed by atoms with van der Waals surface area (Å²) in [5, 5.41) is 40.2. The smallest absolute Gasteiger partial charge is 0.342 e. The summed E-state index contributed by atoms with van der Waals surface area (Å²) in [6.45, 7) is 9.07. The average molecular weight is 433 g/mol. The van der Waals surface area contributed by atoms with Crippen molar-refractivity contribution < 1.29 is 30.0 Å². The molecule has 6 heteroatoms. The van der Waals surface area contributed by atoms with E-state index in [0.29, 0.717) is 30.4 Å². The molecule has 1 heterocycles. The molecular formula is C25H36O6. The molecule has 2 rings (SSSR count). The Hall–Kier alpha value is -2.31. The highest BCUT2D eigenvalue weighted by atomic mass is 16.5. The van der Waals surface area contributed by atoms with E-state index < -0.39 is 17.7 Å². The van der Waals surface area contributed by atoms with Crippen LogP contribution in [0.1, 0.15) is 81.8 Å². The number of carbonyl (C=O) groups excluding carboxylic acids is 1. The number of allylic oxidation sites excluding steroid dienone is 4. The first-order valence-electron chi connectivity index (χ1n) is 10.9. The monoisotopic (exact) mass is 432 g/mol. The van der Waals surface area contributed by atoms with Crippen LogP contribution in [0.3, 0.4) is 0 Å². The molecule has 172 valence electrons. The Morgan fingerprint density at radius 1 is 1.19 bits per heavy atom. The first kappa shape index (κ1) is 25.0. The topological polar surface area (TPSA) is 107 Å². The van der Waals surface area contributed by atoms with E-state index in [2.05, 4.69) is 6.08 Å². The van der Waals surface area contributed by atoms with E-state index in [1.807, 2.05) is 19.9 Å². The van der Waals surface area contributed by atoms with Gasteiger partial charge in [-0.05, 0) is 72.3 Å². The molecule has 0 unspecified atom stereocenters. The lowest BCUT2D eigenvalue weighted by Gasteiger charge is -2.25. The van der Waals surface area contributed by atoms with E-state index in [1.54, 1.807) is 20.8 Å². The number of rotatable bonds is 9. The zero-order chi connectivity index (χ0) is 23.3. The number of fused-ring (bicyclic) bond motifs is 1. The maximum Gasteiger partial charge on any atom is 0.342 e. The molecule has 1 aliphatic rings. The van der Waals surface area contributed by atoms with Crippen LogP contribution < -0.4 is 0 Å². The van der Waals surface area contributed by atoms with E-state index in [-0.39, 0.29) is 23.2 Å². The minimum Gasteiger partial charge on any atom is -0.508 e. The molecule has 0 radical (unpaired) electrons. The number of phenolic OH excluding ortho intramolecular Hbond substituents is 2. The van der Waals surface area contributed by atoms with Gasteiger partial charge in [-0.15, -0.1) is 0 Å². The maximum atomic E-state index is 12.2. The Bertz CT molecular complexity index is 860. The van der Waals surface area contributed by atoms with Gasteiger partial charge in [0.05, 0.1) is 11.7 Å². The van der Waals surface area contributed by atoms with Gasteiger partial charge >= 0.3 is 5.97 Å². The molecule has 0 aromatic heterocycles. The Kier molecular flexibility index (Phi) is 8.32. The van der Waals surface area contributed by atoms with E-state index >= 15 is 0 Å². The molecule has 0 bridgehead atoms. The molecule has 0 saturated carbocycles. The van der Waals surface area contributed by atoms with Gasteiger partial charge in [0.25, 0.3) is 0 Å². The zero-order valence-electron chi connectivity index (χ0n) is 19.2. The molecular weight excluding hydrogens is 396 g/mol. The van der Waals surface area contributed by atoms with E-state index in [0.717, 1.165) is 24.8 Å². The van der Waals surface area contributed by atoms with Crippen LogP contribution in [0.5, 0.6) is 11.5 Å². The number of aromatic hydroxyl groups is 2. The fourth-order valence-electron chi connectivity index (χ4n) is 3.74. The van der Waals surface area contributed by atoms with Crippen molar-refractivity contribution in [1.29, 1.82) is 0 Å². The summed E-state index contributed by atoms with van der Waals surface area (Å²) in [7, 11) is 0. The van der Waals surface area contributed by atoms with Gasteiger partial charge in [0, 0.05) is 18.1 Å². The predicted octanol–water partition coefficient (Wildman–Crippen LogP) is 4.33. The van der Waals surface area contributed by atoms with Gasteiger partial charge in [0.1, 0.15) is 23.2 Å². The van der Waals surface area contributed by atoms with Crippen molar-refractivity contribution in [2.75, 3.05) is 0 Å². The highest BCUT2D eigenvalue weighted by Gasteiger charge is 2.30. The van der Waals surface area contributed by atoms with Crippen LogP contribution in [-0.4, -0.2) is 44.2 Å². The molecule has 4 N–H and O–H groups in total. The van der Waals surface area contributed by atoms with Crippen LogP contribution in [0.15, 0.2) is 29.4 Å². The molecule has 0 fully saturated rings. The largest absolute Gasteiger partial charge is 0.508 e. The van der Waals surface area contributed by atoms with Crippen LogP contribution >= 0.6 is 0 Å². The lowest BCUT2D eigenvalue weighted by Crippen LogP contribution is -2.35. The maximum absolute atomic E-state index is 12.2. The fraction of sp³-hybridized carbons (Fsp3) is 0.560.